The Kier molecular flexibility index (Phi) is 6.87. The lowest BCUT2D eigenvalue weighted by atomic mass is 9.95. The van der Waals surface area contributed by atoms with Crippen LogP contribution in [0.2, 0.25) is 0 Å². The van der Waals surface area contributed by atoms with E-state index in [4.69, 9.17) is 4.74 Å². The molecule has 0 radical (unpaired) electrons. The minimum absolute atomic E-state index is 0.154. The smallest absolute Gasteiger partial charge is 0.164 e. The van der Waals surface area contributed by atoms with Crippen LogP contribution >= 0.6 is 0 Å². The summed E-state index contributed by atoms with van der Waals surface area (Å²) >= 11 is 0. The average Bonchev–Trinajstić information content (AvgIpc) is 2.13. The van der Waals surface area contributed by atoms with Crippen molar-refractivity contribution >= 4 is 5.78 Å². The third kappa shape index (κ3) is 4.41. The topological polar surface area (TPSA) is 26.3 Å². The molecule has 0 heterocycles. The molecule has 2 atom stereocenters. The van der Waals surface area contributed by atoms with Crippen LogP contribution in [0.1, 0.15) is 46.5 Å². The minimum Gasteiger partial charge on any atom is -0.374 e. The van der Waals surface area contributed by atoms with E-state index >= 15 is 0 Å². The third-order valence-corrected chi connectivity index (χ3v) is 2.36. The second-order valence-electron chi connectivity index (χ2n) is 3.61. The molecular formula is C11H22O2. The molecule has 0 bridgehead atoms. The Labute approximate surface area is 81.7 Å². The Bertz CT molecular complexity index is 143. The molecule has 2 unspecified atom stereocenters. The van der Waals surface area contributed by atoms with Gasteiger partial charge in [-0.25, -0.2) is 0 Å². The van der Waals surface area contributed by atoms with Gasteiger partial charge in [0.05, 0.1) is 0 Å². The molecule has 0 aliphatic carbocycles. The summed E-state index contributed by atoms with van der Waals surface area (Å²) in [7, 11) is 1.62. The third-order valence-electron chi connectivity index (χ3n) is 2.36. The van der Waals surface area contributed by atoms with E-state index in [1.54, 1.807) is 7.11 Å². The normalized spacial score (nSPS) is 15.4. The van der Waals surface area contributed by atoms with Crippen molar-refractivity contribution in [3.63, 3.8) is 0 Å². The number of hydrogen-bond donors (Lipinski definition) is 0. The highest BCUT2D eigenvalue weighted by Crippen LogP contribution is 2.13. The highest BCUT2D eigenvalue weighted by molar-refractivity contribution is 5.85. The summed E-state index contributed by atoms with van der Waals surface area (Å²) in [6.45, 7) is 6.17. The monoisotopic (exact) mass is 186 g/mol. The number of ether oxygens (including phenoxy) is 1. The Hall–Kier alpha value is -0.370. The molecule has 2 heteroatoms. The molecule has 0 aromatic heterocycles. The molecule has 0 spiro atoms. The molecule has 0 aliphatic rings. The first kappa shape index (κ1) is 12.6. The van der Waals surface area contributed by atoms with Crippen molar-refractivity contribution in [3.8, 4) is 0 Å². The van der Waals surface area contributed by atoms with Gasteiger partial charge in [-0.1, -0.05) is 33.6 Å². The summed E-state index contributed by atoms with van der Waals surface area (Å²) in [5.41, 5.74) is 0. The van der Waals surface area contributed by atoms with E-state index in [0.29, 0.717) is 0 Å². The number of ketones is 1. The zero-order chi connectivity index (χ0) is 10.3. The predicted octanol–water partition coefficient (Wildman–Crippen LogP) is 2.81. The lowest BCUT2D eigenvalue weighted by Crippen LogP contribution is -2.28. The highest BCUT2D eigenvalue weighted by atomic mass is 16.5. The summed E-state index contributed by atoms with van der Waals surface area (Å²) in [6.07, 6.45) is 3.72. The number of hydrogen-bond acceptors (Lipinski definition) is 2. The van der Waals surface area contributed by atoms with Gasteiger partial charge in [-0.3, -0.25) is 4.79 Å². The van der Waals surface area contributed by atoms with Crippen molar-refractivity contribution in [1.82, 2.24) is 0 Å². The molecule has 0 aliphatic heterocycles. The number of methoxy groups -OCH3 is 1. The molecular weight excluding hydrogens is 164 g/mol. The first-order valence-electron chi connectivity index (χ1n) is 5.23. The SMILES string of the molecule is CCCC(C)C(=O)C(CCC)OC. The summed E-state index contributed by atoms with van der Waals surface area (Å²) < 4.78 is 5.17. The Morgan fingerprint density at radius 1 is 1.23 bits per heavy atom. The van der Waals surface area contributed by atoms with Crippen molar-refractivity contribution in [1.29, 1.82) is 0 Å². The fraction of sp³-hybridized carbons (Fsp3) is 0.909. The zero-order valence-electron chi connectivity index (χ0n) is 9.30. The van der Waals surface area contributed by atoms with Crippen molar-refractivity contribution in [2.75, 3.05) is 7.11 Å². The van der Waals surface area contributed by atoms with Crippen LogP contribution in [0.5, 0.6) is 0 Å². The average molecular weight is 186 g/mol. The second-order valence-corrected chi connectivity index (χ2v) is 3.61. The molecule has 13 heavy (non-hydrogen) atoms. The largest absolute Gasteiger partial charge is 0.374 e. The molecule has 0 fully saturated rings. The molecule has 0 aromatic carbocycles. The Morgan fingerprint density at radius 2 is 1.77 bits per heavy atom. The number of carbonyl (C=O) groups excluding carboxylic acids is 1. The van der Waals surface area contributed by atoms with Crippen LogP contribution < -0.4 is 0 Å². The van der Waals surface area contributed by atoms with Gasteiger partial charge in [0.25, 0.3) is 0 Å². The molecule has 0 aromatic rings. The van der Waals surface area contributed by atoms with Crippen LogP contribution in [0.25, 0.3) is 0 Å². The quantitative estimate of drug-likeness (QED) is 0.611. The predicted molar refractivity (Wildman–Crippen MR) is 54.8 cm³/mol. The van der Waals surface area contributed by atoms with Crippen molar-refractivity contribution in [2.24, 2.45) is 5.92 Å². The van der Waals surface area contributed by atoms with E-state index in [9.17, 15) is 4.79 Å². The molecule has 78 valence electrons. The molecule has 0 N–H and O–H groups in total. The maximum atomic E-state index is 11.7. The second kappa shape index (κ2) is 7.07. The van der Waals surface area contributed by atoms with Gasteiger partial charge in [-0.2, -0.15) is 0 Å². The van der Waals surface area contributed by atoms with Gasteiger partial charge in [0.2, 0.25) is 0 Å². The van der Waals surface area contributed by atoms with Gasteiger partial charge in [0, 0.05) is 13.0 Å². The lowest BCUT2D eigenvalue weighted by Gasteiger charge is -2.17. The van der Waals surface area contributed by atoms with E-state index in [1.807, 2.05) is 6.92 Å². The molecule has 2 nitrogen and oxygen atoms in total. The lowest BCUT2D eigenvalue weighted by molar-refractivity contribution is -0.133. The van der Waals surface area contributed by atoms with E-state index < -0.39 is 0 Å². The maximum absolute atomic E-state index is 11.7. The van der Waals surface area contributed by atoms with Crippen LogP contribution in [-0.2, 0) is 9.53 Å². The summed E-state index contributed by atoms with van der Waals surface area (Å²) in [5.74, 6) is 0.424. The van der Waals surface area contributed by atoms with Crippen LogP contribution in [0.15, 0.2) is 0 Å². The Balaban J connectivity index is 4.02. The Morgan fingerprint density at radius 3 is 2.15 bits per heavy atom. The number of rotatable bonds is 7. The fourth-order valence-corrected chi connectivity index (χ4v) is 1.53. The van der Waals surface area contributed by atoms with Gasteiger partial charge >= 0.3 is 0 Å². The minimum atomic E-state index is -0.174. The molecule has 0 amide bonds. The molecule has 0 saturated carbocycles. The number of carbonyl (C=O) groups is 1. The fourth-order valence-electron chi connectivity index (χ4n) is 1.53. The van der Waals surface area contributed by atoms with Gasteiger partial charge < -0.3 is 4.74 Å². The first-order valence-corrected chi connectivity index (χ1v) is 5.23. The van der Waals surface area contributed by atoms with E-state index in [1.165, 1.54) is 0 Å². The van der Waals surface area contributed by atoms with E-state index in [2.05, 4.69) is 13.8 Å². The maximum Gasteiger partial charge on any atom is 0.164 e. The summed E-state index contributed by atoms with van der Waals surface area (Å²) in [4.78, 5) is 11.7. The van der Waals surface area contributed by atoms with Crippen LogP contribution in [-0.4, -0.2) is 19.0 Å². The van der Waals surface area contributed by atoms with Gasteiger partial charge in [0.15, 0.2) is 5.78 Å². The first-order chi connectivity index (χ1) is 6.17. The standard InChI is InChI=1S/C11H22O2/c1-5-7-9(3)11(12)10(13-4)8-6-2/h9-10H,5-8H2,1-4H3. The van der Waals surface area contributed by atoms with Crippen molar-refractivity contribution < 1.29 is 9.53 Å². The molecule has 0 rings (SSSR count). The molecule has 0 saturated heterocycles. The number of Topliss-reactive ketones (excluding diaryl/α,β-unsaturated/α-hetero) is 1. The van der Waals surface area contributed by atoms with Crippen LogP contribution in [0.3, 0.4) is 0 Å². The van der Waals surface area contributed by atoms with Crippen molar-refractivity contribution in [3.05, 3.63) is 0 Å². The van der Waals surface area contributed by atoms with E-state index in [0.717, 1.165) is 25.7 Å². The summed E-state index contributed by atoms with van der Waals surface area (Å²) in [6, 6.07) is 0. The van der Waals surface area contributed by atoms with Gasteiger partial charge in [-0.15, -0.1) is 0 Å². The zero-order valence-corrected chi connectivity index (χ0v) is 9.30. The van der Waals surface area contributed by atoms with Crippen LogP contribution in [0, 0.1) is 5.92 Å². The van der Waals surface area contributed by atoms with Crippen molar-refractivity contribution in [2.45, 2.75) is 52.6 Å². The van der Waals surface area contributed by atoms with Gasteiger partial charge in [-0.05, 0) is 12.8 Å². The van der Waals surface area contributed by atoms with Crippen LogP contribution in [0.4, 0.5) is 0 Å². The highest BCUT2D eigenvalue weighted by Gasteiger charge is 2.21. The van der Waals surface area contributed by atoms with E-state index in [-0.39, 0.29) is 17.8 Å². The summed E-state index contributed by atoms with van der Waals surface area (Å²) in [5, 5.41) is 0. The van der Waals surface area contributed by atoms with Gasteiger partial charge in [0.1, 0.15) is 6.10 Å².